The average molecular weight is 441 g/mol. The van der Waals surface area contributed by atoms with Crippen molar-refractivity contribution in [2.45, 2.75) is 19.8 Å². The molecule has 166 valence electrons. The predicted octanol–water partition coefficient (Wildman–Crippen LogP) is 5.28. The van der Waals surface area contributed by atoms with Crippen LogP contribution in [0.25, 0.3) is 10.9 Å². The van der Waals surface area contributed by atoms with Crippen molar-refractivity contribution in [3.8, 4) is 23.3 Å². The van der Waals surface area contributed by atoms with Crippen LogP contribution in [0.2, 0.25) is 0 Å². The lowest BCUT2D eigenvalue weighted by Crippen LogP contribution is -2.02. The van der Waals surface area contributed by atoms with Crippen molar-refractivity contribution in [2.75, 3.05) is 19.0 Å². The first-order valence-corrected chi connectivity index (χ1v) is 10.6. The van der Waals surface area contributed by atoms with E-state index in [9.17, 15) is 10.4 Å². The first kappa shape index (κ1) is 21.9. The highest BCUT2D eigenvalue weighted by atomic mass is 16.5. The van der Waals surface area contributed by atoms with Gasteiger partial charge in [0.1, 0.15) is 11.8 Å². The summed E-state index contributed by atoms with van der Waals surface area (Å²) in [5.41, 5.74) is 4.29. The molecule has 0 saturated carbocycles. The van der Waals surface area contributed by atoms with Crippen LogP contribution in [0.4, 0.5) is 11.4 Å². The van der Waals surface area contributed by atoms with E-state index in [1.54, 1.807) is 25.6 Å². The van der Waals surface area contributed by atoms with Gasteiger partial charge in [-0.05, 0) is 55.2 Å². The number of nitrogens with zero attached hydrogens (tertiary/aromatic N) is 3. The van der Waals surface area contributed by atoms with Gasteiger partial charge < -0.3 is 19.9 Å². The maximum absolute atomic E-state index is 10.1. The van der Waals surface area contributed by atoms with Crippen LogP contribution in [-0.2, 0) is 6.42 Å². The number of aryl methyl sites for hydroxylation is 2. The molecule has 0 aliphatic heterocycles. The van der Waals surface area contributed by atoms with Gasteiger partial charge in [0.15, 0.2) is 11.5 Å². The molecule has 33 heavy (non-hydrogen) atoms. The van der Waals surface area contributed by atoms with Crippen LogP contribution in [-0.4, -0.2) is 28.8 Å². The molecule has 0 saturated heterocycles. The maximum atomic E-state index is 10.1. The summed E-state index contributed by atoms with van der Waals surface area (Å²) in [5, 5.41) is 23.7. The Balaban J connectivity index is 1.61. The molecule has 0 aliphatic rings. The Morgan fingerprint density at radius 3 is 2.64 bits per heavy atom. The number of ether oxygens (including phenoxy) is 2. The zero-order valence-electron chi connectivity index (χ0n) is 18.5. The van der Waals surface area contributed by atoms with Crippen molar-refractivity contribution in [3.05, 3.63) is 77.7 Å². The minimum Gasteiger partial charge on any atom is -0.508 e. The molecule has 7 nitrogen and oxygen atoms in total. The lowest BCUT2D eigenvalue weighted by molar-refractivity contribution is 0.290. The zero-order valence-corrected chi connectivity index (χ0v) is 18.5. The third kappa shape index (κ3) is 4.96. The topological polar surface area (TPSA) is 100 Å². The third-order valence-electron chi connectivity index (χ3n) is 5.37. The number of methoxy groups -OCH3 is 1. The van der Waals surface area contributed by atoms with E-state index in [1.165, 1.54) is 11.8 Å². The number of fused-ring (bicyclic) bond motifs is 1. The van der Waals surface area contributed by atoms with E-state index in [0.29, 0.717) is 40.6 Å². The summed E-state index contributed by atoms with van der Waals surface area (Å²) in [4.78, 5) is 8.48. The first-order chi connectivity index (χ1) is 16.1. The molecule has 0 bridgehead atoms. The molecule has 4 rings (SSSR count). The van der Waals surface area contributed by atoms with Crippen LogP contribution in [0.5, 0.6) is 17.2 Å². The van der Waals surface area contributed by atoms with Crippen LogP contribution in [0.1, 0.15) is 23.1 Å². The van der Waals surface area contributed by atoms with Crippen molar-refractivity contribution >= 4 is 22.3 Å². The lowest BCUT2D eigenvalue weighted by Gasteiger charge is -2.16. The van der Waals surface area contributed by atoms with Crippen molar-refractivity contribution < 1.29 is 14.6 Å². The van der Waals surface area contributed by atoms with Gasteiger partial charge in [0.2, 0.25) is 0 Å². The monoisotopic (exact) mass is 440 g/mol. The summed E-state index contributed by atoms with van der Waals surface area (Å²) in [6.07, 6.45) is 6.83. The minimum absolute atomic E-state index is 0.178. The quantitative estimate of drug-likeness (QED) is 0.360. The van der Waals surface area contributed by atoms with Gasteiger partial charge in [-0.25, -0.2) is 0 Å². The number of anilines is 2. The van der Waals surface area contributed by atoms with Gasteiger partial charge in [-0.3, -0.25) is 9.97 Å². The van der Waals surface area contributed by atoms with Crippen LogP contribution in [0.3, 0.4) is 0 Å². The Bertz CT molecular complexity index is 1320. The Hall–Kier alpha value is -4.31. The molecule has 2 heterocycles. The second-order valence-electron chi connectivity index (χ2n) is 7.61. The van der Waals surface area contributed by atoms with Crippen molar-refractivity contribution in [1.82, 2.24) is 9.97 Å². The largest absolute Gasteiger partial charge is 0.508 e. The second-order valence-corrected chi connectivity index (χ2v) is 7.61. The Kier molecular flexibility index (Phi) is 6.56. The molecule has 0 unspecified atom stereocenters. The van der Waals surface area contributed by atoms with Gasteiger partial charge in [0, 0.05) is 41.8 Å². The smallest absolute Gasteiger partial charge is 0.163 e. The molecule has 0 spiro atoms. The molecule has 0 aliphatic carbocycles. The molecule has 4 aromatic rings. The van der Waals surface area contributed by atoms with Crippen LogP contribution < -0.4 is 14.8 Å². The Morgan fingerprint density at radius 1 is 1.09 bits per heavy atom. The molecule has 0 fully saturated rings. The fraction of sp³-hybridized carbons (Fsp3) is 0.192. The van der Waals surface area contributed by atoms with Gasteiger partial charge in [0.05, 0.1) is 30.5 Å². The minimum atomic E-state index is 0.178. The number of hydrogen-bond donors (Lipinski definition) is 2. The van der Waals surface area contributed by atoms with Gasteiger partial charge in [-0.1, -0.05) is 6.07 Å². The normalized spacial score (nSPS) is 10.6. The SMILES string of the molecule is COc1cc2c(Nc3ccc(C)c(O)c3)c(C#N)cnc2cc1OCCCc1ccncc1. The fourth-order valence-electron chi connectivity index (χ4n) is 3.53. The van der Waals surface area contributed by atoms with E-state index < -0.39 is 0 Å². The highest BCUT2D eigenvalue weighted by Gasteiger charge is 2.15. The van der Waals surface area contributed by atoms with Gasteiger partial charge in [-0.15, -0.1) is 0 Å². The molecule has 2 aromatic carbocycles. The van der Waals surface area contributed by atoms with E-state index in [0.717, 1.165) is 23.8 Å². The number of aromatic nitrogens is 2. The summed E-state index contributed by atoms with van der Waals surface area (Å²) < 4.78 is 11.6. The van der Waals surface area contributed by atoms with Crippen LogP contribution in [0.15, 0.2) is 61.1 Å². The Labute approximate surface area is 192 Å². The summed E-state index contributed by atoms with van der Waals surface area (Å²) in [7, 11) is 1.58. The molecular weight excluding hydrogens is 416 g/mol. The average Bonchev–Trinajstić information content (AvgIpc) is 2.84. The summed E-state index contributed by atoms with van der Waals surface area (Å²) >= 11 is 0. The number of pyridine rings is 2. The molecule has 0 atom stereocenters. The van der Waals surface area contributed by atoms with Gasteiger partial charge in [-0.2, -0.15) is 5.26 Å². The Morgan fingerprint density at radius 2 is 1.91 bits per heavy atom. The molecule has 0 amide bonds. The standard InChI is InChI=1S/C26H24N4O3/c1-17-5-6-20(12-23(17)31)30-26-19(15-27)16-29-22-14-25(24(32-2)13-21(22)26)33-11-3-4-18-7-9-28-10-8-18/h5-10,12-14,16,31H,3-4,11H2,1-2H3,(H,29,30). The van der Waals surface area contributed by atoms with E-state index in [4.69, 9.17) is 9.47 Å². The third-order valence-corrected chi connectivity index (χ3v) is 5.37. The molecule has 2 aromatic heterocycles. The highest BCUT2D eigenvalue weighted by molar-refractivity contribution is 5.97. The lowest BCUT2D eigenvalue weighted by atomic mass is 10.1. The number of nitrogens with one attached hydrogen (secondary N) is 1. The molecular formula is C26H24N4O3. The van der Waals surface area contributed by atoms with E-state index in [-0.39, 0.29) is 5.75 Å². The van der Waals surface area contributed by atoms with Crippen molar-refractivity contribution in [2.24, 2.45) is 0 Å². The number of aromatic hydroxyl groups is 1. The van der Waals surface area contributed by atoms with E-state index >= 15 is 0 Å². The molecule has 2 N–H and O–H groups in total. The molecule has 0 radical (unpaired) electrons. The number of nitriles is 1. The number of hydrogen-bond acceptors (Lipinski definition) is 7. The van der Waals surface area contributed by atoms with Crippen molar-refractivity contribution in [3.63, 3.8) is 0 Å². The van der Waals surface area contributed by atoms with Crippen LogP contribution in [0, 0.1) is 18.3 Å². The number of rotatable bonds is 8. The predicted molar refractivity (Wildman–Crippen MR) is 127 cm³/mol. The van der Waals surface area contributed by atoms with Crippen molar-refractivity contribution in [1.29, 1.82) is 5.26 Å². The highest BCUT2D eigenvalue weighted by Crippen LogP contribution is 2.37. The van der Waals surface area contributed by atoms with Gasteiger partial charge >= 0.3 is 0 Å². The summed E-state index contributed by atoms with van der Waals surface area (Å²) in [5.74, 6) is 1.32. The zero-order chi connectivity index (χ0) is 23.2. The maximum Gasteiger partial charge on any atom is 0.163 e. The number of phenolic OH excluding ortho intramolecular Hbond substituents is 1. The van der Waals surface area contributed by atoms with Gasteiger partial charge in [0.25, 0.3) is 0 Å². The fourth-order valence-corrected chi connectivity index (χ4v) is 3.53. The first-order valence-electron chi connectivity index (χ1n) is 10.6. The van der Waals surface area contributed by atoms with E-state index in [2.05, 4.69) is 21.4 Å². The van der Waals surface area contributed by atoms with Crippen LogP contribution >= 0.6 is 0 Å². The van der Waals surface area contributed by atoms with E-state index in [1.807, 2.05) is 43.3 Å². The second kappa shape index (κ2) is 9.88. The number of benzene rings is 2. The summed E-state index contributed by atoms with van der Waals surface area (Å²) in [6.45, 7) is 2.35. The molecule has 7 heteroatoms. The summed E-state index contributed by atoms with van der Waals surface area (Å²) in [6, 6.07) is 15.1. The number of phenols is 1.